The first kappa shape index (κ1) is 16.7. The summed E-state index contributed by atoms with van der Waals surface area (Å²) in [4.78, 5) is 20.9. The van der Waals surface area contributed by atoms with Crippen LogP contribution in [0.1, 0.15) is 5.56 Å². The van der Waals surface area contributed by atoms with E-state index in [1.807, 2.05) is 47.4 Å². The summed E-state index contributed by atoms with van der Waals surface area (Å²) >= 11 is 5.87. The van der Waals surface area contributed by atoms with Crippen LogP contribution >= 0.6 is 11.6 Å². The van der Waals surface area contributed by atoms with E-state index in [1.165, 1.54) is 0 Å². The number of aromatic nitrogens is 1. The second kappa shape index (κ2) is 7.64. The Kier molecular flexibility index (Phi) is 5.33. The molecule has 24 heavy (non-hydrogen) atoms. The lowest BCUT2D eigenvalue weighted by atomic mass is 10.1. The summed E-state index contributed by atoms with van der Waals surface area (Å²) in [6, 6.07) is 13.1. The van der Waals surface area contributed by atoms with Crippen LogP contribution < -0.4 is 10.6 Å². The van der Waals surface area contributed by atoms with Gasteiger partial charge in [-0.15, -0.1) is 0 Å². The molecule has 1 amide bonds. The molecule has 126 valence electrons. The number of piperazine rings is 1. The van der Waals surface area contributed by atoms with Crippen molar-refractivity contribution >= 4 is 23.3 Å². The Hall–Kier alpha value is -2.11. The first-order valence-corrected chi connectivity index (χ1v) is 8.46. The van der Waals surface area contributed by atoms with Gasteiger partial charge in [0.25, 0.3) is 0 Å². The summed E-state index contributed by atoms with van der Waals surface area (Å²) in [5, 5.41) is 0.624. The highest BCUT2D eigenvalue weighted by atomic mass is 35.5. The summed E-state index contributed by atoms with van der Waals surface area (Å²) in [6.07, 6.45) is 2.21. The third kappa shape index (κ3) is 4.04. The monoisotopic (exact) mass is 344 g/mol. The summed E-state index contributed by atoms with van der Waals surface area (Å²) < 4.78 is 0. The van der Waals surface area contributed by atoms with E-state index in [2.05, 4.69) is 9.88 Å². The molecule has 1 saturated heterocycles. The average molecular weight is 345 g/mol. The number of nitrogens with zero attached hydrogens (tertiary/aromatic N) is 3. The van der Waals surface area contributed by atoms with Crippen molar-refractivity contribution in [2.24, 2.45) is 5.73 Å². The molecule has 1 unspecified atom stereocenters. The smallest absolute Gasteiger partial charge is 0.239 e. The summed E-state index contributed by atoms with van der Waals surface area (Å²) in [7, 11) is 0. The number of rotatable bonds is 4. The van der Waals surface area contributed by atoms with Crippen LogP contribution in [0.25, 0.3) is 0 Å². The van der Waals surface area contributed by atoms with Gasteiger partial charge in [0, 0.05) is 32.4 Å². The minimum Gasteiger partial charge on any atom is -0.353 e. The quantitative estimate of drug-likeness (QED) is 0.921. The van der Waals surface area contributed by atoms with E-state index in [-0.39, 0.29) is 5.91 Å². The van der Waals surface area contributed by atoms with Gasteiger partial charge in [0.05, 0.1) is 11.1 Å². The third-order valence-electron chi connectivity index (χ3n) is 4.24. The molecule has 2 aromatic rings. The number of halogens is 1. The molecule has 0 saturated carbocycles. The fourth-order valence-electron chi connectivity index (χ4n) is 2.90. The Morgan fingerprint density at radius 3 is 2.46 bits per heavy atom. The minimum atomic E-state index is -0.493. The maximum absolute atomic E-state index is 12.5. The SMILES string of the molecule is NC(Cc1ccccc1)C(=O)N1CCN(c2ccc(Cl)cn2)CC1. The van der Waals surface area contributed by atoms with Gasteiger partial charge in [0.15, 0.2) is 0 Å². The van der Waals surface area contributed by atoms with Crippen LogP contribution in [-0.4, -0.2) is 48.0 Å². The molecule has 0 spiro atoms. The Bertz CT molecular complexity index is 669. The van der Waals surface area contributed by atoms with Crippen molar-refractivity contribution in [3.8, 4) is 0 Å². The lowest BCUT2D eigenvalue weighted by Crippen LogP contribution is -2.53. The Morgan fingerprint density at radius 2 is 1.83 bits per heavy atom. The molecule has 5 nitrogen and oxygen atoms in total. The standard InChI is InChI=1S/C18H21ClN4O/c19-15-6-7-17(21-13-15)22-8-10-23(11-9-22)18(24)16(20)12-14-4-2-1-3-5-14/h1-7,13,16H,8-12,20H2. The van der Waals surface area contributed by atoms with Gasteiger partial charge in [0.2, 0.25) is 5.91 Å². The van der Waals surface area contributed by atoms with Crippen molar-refractivity contribution in [3.05, 3.63) is 59.2 Å². The van der Waals surface area contributed by atoms with E-state index in [0.717, 1.165) is 24.5 Å². The van der Waals surface area contributed by atoms with Crippen molar-refractivity contribution < 1.29 is 4.79 Å². The normalized spacial score (nSPS) is 16.1. The number of hydrogen-bond acceptors (Lipinski definition) is 4. The van der Waals surface area contributed by atoms with Gasteiger partial charge in [0.1, 0.15) is 5.82 Å². The van der Waals surface area contributed by atoms with Crippen molar-refractivity contribution in [1.29, 1.82) is 0 Å². The molecule has 1 atom stereocenters. The summed E-state index contributed by atoms with van der Waals surface area (Å²) in [6.45, 7) is 2.81. The number of benzene rings is 1. The largest absolute Gasteiger partial charge is 0.353 e. The number of hydrogen-bond donors (Lipinski definition) is 1. The first-order chi connectivity index (χ1) is 11.6. The number of carbonyl (C=O) groups is 1. The number of pyridine rings is 1. The highest BCUT2D eigenvalue weighted by molar-refractivity contribution is 6.30. The first-order valence-electron chi connectivity index (χ1n) is 8.08. The van der Waals surface area contributed by atoms with Crippen molar-refractivity contribution in [1.82, 2.24) is 9.88 Å². The molecule has 2 N–H and O–H groups in total. The van der Waals surface area contributed by atoms with Crippen LogP contribution in [0.2, 0.25) is 5.02 Å². The molecule has 1 aromatic heterocycles. The second-order valence-corrected chi connectivity index (χ2v) is 6.38. The van der Waals surface area contributed by atoms with Gasteiger partial charge in [-0.3, -0.25) is 4.79 Å². The van der Waals surface area contributed by atoms with Crippen LogP contribution in [0.3, 0.4) is 0 Å². The predicted molar refractivity (Wildman–Crippen MR) is 96.2 cm³/mol. The van der Waals surface area contributed by atoms with E-state index >= 15 is 0 Å². The van der Waals surface area contributed by atoms with Crippen LogP contribution in [-0.2, 0) is 11.2 Å². The van der Waals surface area contributed by atoms with E-state index in [9.17, 15) is 4.79 Å². The summed E-state index contributed by atoms with van der Waals surface area (Å²) in [5.74, 6) is 0.905. The topological polar surface area (TPSA) is 62.5 Å². The average Bonchev–Trinajstić information content (AvgIpc) is 2.63. The van der Waals surface area contributed by atoms with Gasteiger partial charge in [-0.25, -0.2) is 4.98 Å². The molecule has 0 aliphatic carbocycles. The molecule has 0 radical (unpaired) electrons. The van der Waals surface area contributed by atoms with Crippen molar-refractivity contribution in [2.45, 2.75) is 12.5 Å². The Labute approximate surface area is 147 Å². The van der Waals surface area contributed by atoms with Crippen LogP contribution in [0.15, 0.2) is 48.7 Å². The molecule has 1 fully saturated rings. The van der Waals surface area contributed by atoms with Crippen LogP contribution in [0.5, 0.6) is 0 Å². The maximum Gasteiger partial charge on any atom is 0.239 e. The zero-order valence-corrected chi connectivity index (χ0v) is 14.2. The number of amides is 1. The number of carbonyl (C=O) groups excluding carboxylic acids is 1. The second-order valence-electron chi connectivity index (χ2n) is 5.94. The van der Waals surface area contributed by atoms with Crippen molar-refractivity contribution in [2.75, 3.05) is 31.1 Å². The molecule has 1 aromatic carbocycles. The summed E-state index contributed by atoms with van der Waals surface area (Å²) in [5.41, 5.74) is 7.20. The predicted octanol–water partition coefficient (Wildman–Crippen LogP) is 1.95. The zero-order valence-electron chi connectivity index (χ0n) is 13.4. The molecule has 3 rings (SSSR count). The van der Waals surface area contributed by atoms with Gasteiger partial charge < -0.3 is 15.5 Å². The molecular weight excluding hydrogens is 324 g/mol. The van der Waals surface area contributed by atoms with Gasteiger partial charge >= 0.3 is 0 Å². The van der Waals surface area contributed by atoms with Crippen LogP contribution in [0, 0.1) is 0 Å². The maximum atomic E-state index is 12.5. The number of anilines is 1. The molecule has 1 aliphatic rings. The van der Waals surface area contributed by atoms with E-state index < -0.39 is 6.04 Å². The van der Waals surface area contributed by atoms with E-state index in [0.29, 0.717) is 24.5 Å². The Balaban J connectivity index is 1.54. The highest BCUT2D eigenvalue weighted by Crippen LogP contribution is 2.16. The molecule has 2 heterocycles. The van der Waals surface area contributed by atoms with Crippen LogP contribution in [0.4, 0.5) is 5.82 Å². The Morgan fingerprint density at radius 1 is 1.12 bits per heavy atom. The minimum absolute atomic E-state index is 0.0163. The lowest BCUT2D eigenvalue weighted by molar-refractivity contribution is -0.132. The lowest BCUT2D eigenvalue weighted by Gasteiger charge is -2.36. The highest BCUT2D eigenvalue weighted by Gasteiger charge is 2.25. The van der Waals surface area contributed by atoms with Gasteiger partial charge in [-0.05, 0) is 24.1 Å². The third-order valence-corrected chi connectivity index (χ3v) is 4.47. The molecular formula is C18H21ClN4O. The van der Waals surface area contributed by atoms with Gasteiger partial charge in [-0.1, -0.05) is 41.9 Å². The molecule has 0 bridgehead atoms. The fraction of sp³-hybridized carbons (Fsp3) is 0.333. The van der Waals surface area contributed by atoms with E-state index in [4.69, 9.17) is 17.3 Å². The number of nitrogens with two attached hydrogens (primary N) is 1. The van der Waals surface area contributed by atoms with Crippen molar-refractivity contribution in [3.63, 3.8) is 0 Å². The fourth-order valence-corrected chi connectivity index (χ4v) is 3.01. The molecule has 6 heteroatoms. The van der Waals surface area contributed by atoms with E-state index in [1.54, 1.807) is 6.20 Å². The zero-order chi connectivity index (χ0) is 16.9. The van der Waals surface area contributed by atoms with Gasteiger partial charge in [-0.2, -0.15) is 0 Å². The molecule has 1 aliphatic heterocycles.